The van der Waals surface area contributed by atoms with Crippen molar-refractivity contribution in [2.75, 3.05) is 33.3 Å². The van der Waals surface area contributed by atoms with Gasteiger partial charge in [0.2, 0.25) is 10.0 Å². The van der Waals surface area contributed by atoms with Crippen LogP contribution < -0.4 is 0 Å². The topological polar surface area (TPSA) is 78.7 Å². The van der Waals surface area contributed by atoms with Gasteiger partial charge in [0.1, 0.15) is 4.90 Å². The number of hydrogen-bond donors (Lipinski definition) is 1. The van der Waals surface area contributed by atoms with E-state index >= 15 is 0 Å². The molecule has 0 atom stereocenters. The summed E-state index contributed by atoms with van der Waals surface area (Å²) in [5.41, 5.74) is -0.188. The summed E-state index contributed by atoms with van der Waals surface area (Å²) in [6.45, 7) is 5.93. The summed E-state index contributed by atoms with van der Waals surface area (Å²) < 4.78 is 28.1. The Bertz CT molecular complexity index is 567. The summed E-state index contributed by atoms with van der Waals surface area (Å²) in [6.07, 6.45) is 2.81. The molecular weight excluding hydrogens is 280 g/mol. The smallest absolute Gasteiger partial charge is 0.246 e. The average Bonchev–Trinajstić information content (AvgIpc) is 2.82. The molecule has 1 aliphatic heterocycles. The number of likely N-dealkylation sites (N-methyl/N-ethyl adjacent to an activating group) is 1. The van der Waals surface area contributed by atoms with Crippen molar-refractivity contribution in [1.29, 1.82) is 0 Å². The van der Waals surface area contributed by atoms with E-state index in [-0.39, 0.29) is 17.0 Å². The van der Waals surface area contributed by atoms with Crippen molar-refractivity contribution in [1.82, 2.24) is 19.0 Å². The molecule has 114 valence electrons. The lowest BCUT2D eigenvalue weighted by Gasteiger charge is -2.44. The predicted molar refractivity (Wildman–Crippen MR) is 74.8 cm³/mol. The van der Waals surface area contributed by atoms with Gasteiger partial charge in [-0.25, -0.2) is 8.42 Å². The van der Waals surface area contributed by atoms with Gasteiger partial charge < -0.3 is 5.11 Å². The van der Waals surface area contributed by atoms with Gasteiger partial charge in [0.05, 0.1) is 19.3 Å². The molecule has 20 heavy (non-hydrogen) atoms. The fraction of sp³-hybridized carbons (Fsp3) is 0.750. The van der Waals surface area contributed by atoms with Crippen LogP contribution in [0.2, 0.25) is 0 Å². The Morgan fingerprint density at radius 3 is 2.70 bits per heavy atom. The Balaban J connectivity index is 2.21. The molecule has 0 unspecified atom stereocenters. The van der Waals surface area contributed by atoms with Gasteiger partial charge >= 0.3 is 0 Å². The maximum Gasteiger partial charge on any atom is 0.246 e. The first-order chi connectivity index (χ1) is 9.27. The normalized spacial score (nSPS) is 21.2. The minimum atomic E-state index is -3.51. The zero-order chi connectivity index (χ0) is 15.0. The van der Waals surface area contributed by atoms with Gasteiger partial charge in [-0.3, -0.25) is 9.58 Å². The minimum Gasteiger partial charge on any atom is -0.394 e. The van der Waals surface area contributed by atoms with Gasteiger partial charge in [-0.05, 0) is 20.9 Å². The van der Waals surface area contributed by atoms with E-state index in [9.17, 15) is 8.42 Å². The van der Waals surface area contributed by atoms with E-state index in [1.807, 2.05) is 20.9 Å². The summed E-state index contributed by atoms with van der Waals surface area (Å²) in [5, 5.41) is 12.8. The number of sulfonamides is 1. The van der Waals surface area contributed by atoms with Crippen LogP contribution in [0.3, 0.4) is 0 Å². The van der Waals surface area contributed by atoms with Gasteiger partial charge in [0.25, 0.3) is 0 Å². The molecule has 2 rings (SSSR count). The third kappa shape index (κ3) is 2.88. The first-order valence-electron chi connectivity index (χ1n) is 6.62. The molecule has 2 heterocycles. The van der Waals surface area contributed by atoms with E-state index in [4.69, 9.17) is 5.11 Å². The van der Waals surface area contributed by atoms with E-state index in [0.717, 1.165) is 0 Å². The summed E-state index contributed by atoms with van der Waals surface area (Å²) >= 11 is 0. The highest BCUT2D eigenvalue weighted by Gasteiger charge is 2.37. The Labute approximate surface area is 119 Å². The van der Waals surface area contributed by atoms with Crippen LogP contribution in [-0.2, 0) is 16.6 Å². The zero-order valence-corrected chi connectivity index (χ0v) is 13.0. The molecule has 0 saturated carbocycles. The highest BCUT2D eigenvalue weighted by Crippen LogP contribution is 2.24. The SMILES string of the molecule is CN1CCN(S(=O)(=O)c2cnn(CCO)c2)CC1(C)C. The average molecular weight is 302 g/mol. The van der Waals surface area contributed by atoms with E-state index in [2.05, 4.69) is 10.00 Å². The first-order valence-corrected chi connectivity index (χ1v) is 8.06. The lowest BCUT2D eigenvalue weighted by molar-refractivity contribution is 0.0801. The summed E-state index contributed by atoms with van der Waals surface area (Å²) in [4.78, 5) is 2.35. The van der Waals surface area contributed by atoms with Gasteiger partial charge in [-0.1, -0.05) is 0 Å². The predicted octanol–water partition coefficient (Wildman–Crippen LogP) is -0.410. The molecule has 1 aromatic rings. The van der Waals surface area contributed by atoms with Gasteiger partial charge in [0, 0.05) is 31.4 Å². The number of hydrogen-bond acceptors (Lipinski definition) is 5. The summed E-state index contributed by atoms with van der Waals surface area (Å²) in [7, 11) is -1.51. The molecule has 8 heteroatoms. The molecule has 1 fully saturated rings. The minimum absolute atomic E-state index is 0.0668. The number of nitrogens with zero attached hydrogens (tertiary/aromatic N) is 4. The number of rotatable bonds is 4. The van der Waals surface area contributed by atoms with Crippen molar-refractivity contribution in [2.45, 2.75) is 30.8 Å². The Morgan fingerprint density at radius 2 is 2.10 bits per heavy atom. The van der Waals surface area contributed by atoms with Crippen LogP contribution >= 0.6 is 0 Å². The van der Waals surface area contributed by atoms with E-state index in [1.165, 1.54) is 21.4 Å². The zero-order valence-electron chi connectivity index (χ0n) is 12.2. The highest BCUT2D eigenvalue weighted by molar-refractivity contribution is 7.89. The van der Waals surface area contributed by atoms with Crippen molar-refractivity contribution in [2.24, 2.45) is 0 Å². The largest absolute Gasteiger partial charge is 0.394 e. The third-order valence-corrected chi connectivity index (χ3v) is 5.66. The van der Waals surface area contributed by atoms with Gasteiger partial charge in [0.15, 0.2) is 0 Å². The Morgan fingerprint density at radius 1 is 1.40 bits per heavy atom. The quantitative estimate of drug-likeness (QED) is 0.818. The maximum atomic E-state index is 12.6. The molecule has 1 aromatic heterocycles. The van der Waals surface area contributed by atoms with Gasteiger partial charge in [-0.2, -0.15) is 9.40 Å². The molecule has 0 bridgehead atoms. The van der Waals surface area contributed by atoms with Crippen LogP contribution in [0.1, 0.15) is 13.8 Å². The van der Waals surface area contributed by atoms with Crippen LogP contribution in [-0.4, -0.2) is 71.3 Å². The van der Waals surface area contributed by atoms with Crippen molar-refractivity contribution < 1.29 is 13.5 Å². The molecule has 0 radical (unpaired) electrons. The van der Waals surface area contributed by atoms with Crippen LogP contribution in [0.25, 0.3) is 0 Å². The summed E-state index contributed by atoms with van der Waals surface area (Å²) in [6, 6.07) is 0. The van der Waals surface area contributed by atoms with E-state index in [1.54, 1.807) is 0 Å². The Kier molecular flexibility index (Phi) is 4.19. The number of aliphatic hydroxyl groups excluding tert-OH is 1. The Hall–Kier alpha value is -0.960. The maximum absolute atomic E-state index is 12.6. The molecule has 1 aliphatic rings. The number of piperazine rings is 1. The first kappa shape index (κ1) is 15.4. The molecule has 0 amide bonds. The fourth-order valence-electron chi connectivity index (χ4n) is 2.25. The van der Waals surface area contributed by atoms with E-state index < -0.39 is 10.0 Å². The van der Waals surface area contributed by atoms with Crippen molar-refractivity contribution >= 4 is 10.0 Å². The van der Waals surface area contributed by atoms with E-state index in [0.29, 0.717) is 26.2 Å². The molecule has 0 aliphatic carbocycles. The molecule has 1 saturated heterocycles. The monoisotopic (exact) mass is 302 g/mol. The van der Waals surface area contributed by atoms with Crippen molar-refractivity contribution in [3.63, 3.8) is 0 Å². The second kappa shape index (κ2) is 5.44. The second-order valence-corrected chi connectivity index (χ2v) is 7.67. The van der Waals surface area contributed by atoms with Crippen LogP contribution in [0.15, 0.2) is 17.3 Å². The van der Waals surface area contributed by atoms with Crippen molar-refractivity contribution in [3.8, 4) is 0 Å². The molecule has 0 aromatic carbocycles. The lowest BCUT2D eigenvalue weighted by Crippen LogP contribution is -2.58. The number of aromatic nitrogens is 2. The molecule has 0 spiro atoms. The standard InChI is InChI=1S/C12H22N4O3S/c1-12(2)10-16(5-4-14(12)3)20(18,19)11-8-13-15(9-11)6-7-17/h8-9,17H,4-7,10H2,1-3H3. The number of aliphatic hydroxyl groups is 1. The van der Waals surface area contributed by atoms with Crippen LogP contribution in [0.5, 0.6) is 0 Å². The third-order valence-electron chi connectivity index (χ3n) is 3.86. The van der Waals surface area contributed by atoms with Crippen molar-refractivity contribution in [3.05, 3.63) is 12.4 Å². The van der Waals surface area contributed by atoms with Gasteiger partial charge in [-0.15, -0.1) is 0 Å². The molecule has 7 nitrogen and oxygen atoms in total. The fourth-order valence-corrected chi connectivity index (χ4v) is 3.79. The molecular formula is C12H22N4O3S. The molecule has 1 N–H and O–H groups in total. The highest BCUT2D eigenvalue weighted by atomic mass is 32.2. The van der Waals surface area contributed by atoms with Crippen LogP contribution in [0, 0.1) is 0 Å². The lowest BCUT2D eigenvalue weighted by atomic mass is 10.0. The van der Waals surface area contributed by atoms with Crippen LogP contribution in [0.4, 0.5) is 0 Å². The second-order valence-electron chi connectivity index (χ2n) is 5.74. The summed E-state index contributed by atoms with van der Waals surface area (Å²) in [5.74, 6) is 0.